The largest absolute Gasteiger partial charge is 0.315 e. The van der Waals surface area contributed by atoms with Crippen LogP contribution in [0.15, 0.2) is 0 Å². The van der Waals surface area contributed by atoms with Crippen LogP contribution in [0, 0.1) is 5.92 Å². The molecular weight excluding hydrogens is 148 g/mol. The van der Waals surface area contributed by atoms with Crippen molar-refractivity contribution in [3.8, 4) is 0 Å². The summed E-state index contributed by atoms with van der Waals surface area (Å²) in [5.41, 5.74) is 0. The first-order valence-corrected chi connectivity index (χ1v) is 5.13. The van der Waals surface area contributed by atoms with Crippen LogP contribution in [0.2, 0.25) is 0 Å². The van der Waals surface area contributed by atoms with Crippen molar-refractivity contribution in [2.75, 3.05) is 26.7 Å². The highest BCUT2D eigenvalue weighted by Gasteiger charge is 2.18. The van der Waals surface area contributed by atoms with Gasteiger partial charge in [0.05, 0.1) is 0 Å². The van der Waals surface area contributed by atoms with Crippen LogP contribution in [0.5, 0.6) is 0 Å². The van der Waals surface area contributed by atoms with E-state index in [1.165, 1.54) is 25.9 Å². The van der Waals surface area contributed by atoms with E-state index in [9.17, 15) is 0 Å². The molecule has 1 N–H and O–H groups in total. The van der Waals surface area contributed by atoms with Gasteiger partial charge in [0.25, 0.3) is 0 Å². The molecule has 1 saturated heterocycles. The molecule has 0 spiro atoms. The van der Waals surface area contributed by atoms with E-state index >= 15 is 0 Å². The number of hydrogen-bond acceptors (Lipinski definition) is 2. The minimum atomic E-state index is 0.727. The Kier molecular flexibility index (Phi) is 4.02. The lowest BCUT2D eigenvalue weighted by Gasteiger charge is -2.33. The summed E-state index contributed by atoms with van der Waals surface area (Å²) in [5.74, 6) is 0.764. The predicted molar refractivity (Wildman–Crippen MR) is 53.4 cm³/mol. The summed E-state index contributed by atoms with van der Waals surface area (Å²) in [4.78, 5) is 2.50. The smallest absolute Gasteiger partial charge is 0.0240 e. The molecule has 0 amide bonds. The first kappa shape index (κ1) is 10.0. The molecule has 72 valence electrons. The SMILES string of the molecule is CC(C)[C@H]1CNCCCCN1C. The Morgan fingerprint density at radius 3 is 2.75 bits per heavy atom. The van der Waals surface area contributed by atoms with E-state index < -0.39 is 0 Å². The highest BCUT2D eigenvalue weighted by Crippen LogP contribution is 2.10. The van der Waals surface area contributed by atoms with Gasteiger partial charge in [-0.15, -0.1) is 0 Å². The van der Waals surface area contributed by atoms with Gasteiger partial charge >= 0.3 is 0 Å². The Labute approximate surface area is 76.3 Å². The van der Waals surface area contributed by atoms with Crippen LogP contribution in [0.25, 0.3) is 0 Å². The minimum absolute atomic E-state index is 0.727. The van der Waals surface area contributed by atoms with E-state index in [2.05, 4.69) is 31.1 Å². The van der Waals surface area contributed by atoms with Crippen LogP contribution in [-0.2, 0) is 0 Å². The van der Waals surface area contributed by atoms with Crippen molar-refractivity contribution in [3.63, 3.8) is 0 Å². The molecule has 1 rings (SSSR count). The van der Waals surface area contributed by atoms with Crippen molar-refractivity contribution in [1.29, 1.82) is 0 Å². The van der Waals surface area contributed by atoms with Crippen molar-refractivity contribution < 1.29 is 0 Å². The summed E-state index contributed by atoms with van der Waals surface area (Å²) < 4.78 is 0. The minimum Gasteiger partial charge on any atom is -0.315 e. The molecule has 0 aromatic heterocycles. The molecule has 0 aromatic carbocycles. The molecule has 0 bridgehead atoms. The predicted octanol–water partition coefficient (Wildman–Crippen LogP) is 1.33. The second-order valence-electron chi connectivity index (χ2n) is 4.20. The average molecular weight is 170 g/mol. The van der Waals surface area contributed by atoms with E-state index in [1.807, 2.05) is 0 Å². The third kappa shape index (κ3) is 2.76. The molecule has 0 aliphatic carbocycles. The Hall–Kier alpha value is -0.0800. The van der Waals surface area contributed by atoms with Gasteiger partial charge < -0.3 is 10.2 Å². The van der Waals surface area contributed by atoms with Gasteiger partial charge in [0.2, 0.25) is 0 Å². The summed E-state index contributed by atoms with van der Waals surface area (Å²) in [5, 5.41) is 3.51. The Morgan fingerprint density at radius 1 is 1.33 bits per heavy atom. The first-order chi connectivity index (χ1) is 5.72. The molecule has 0 unspecified atom stereocenters. The monoisotopic (exact) mass is 170 g/mol. The topological polar surface area (TPSA) is 15.3 Å². The van der Waals surface area contributed by atoms with Gasteiger partial charge in [-0.25, -0.2) is 0 Å². The number of rotatable bonds is 1. The molecule has 1 aliphatic heterocycles. The zero-order chi connectivity index (χ0) is 8.97. The Balaban J connectivity index is 2.43. The first-order valence-electron chi connectivity index (χ1n) is 5.13. The normalized spacial score (nSPS) is 28.5. The highest BCUT2D eigenvalue weighted by molar-refractivity contribution is 4.76. The molecule has 2 nitrogen and oxygen atoms in total. The molecule has 1 heterocycles. The maximum absolute atomic E-state index is 3.51. The number of hydrogen-bond donors (Lipinski definition) is 1. The Bertz CT molecular complexity index is 123. The third-order valence-electron chi connectivity index (χ3n) is 2.80. The van der Waals surface area contributed by atoms with Gasteiger partial charge in [-0.05, 0) is 38.9 Å². The number of likely N-dealkylation sites (N-methyl/N-ethyl adjacent to an activating group) is 1. The quantitative estimate of drug-likeness (QED) is 0.638. The van der Waals surface area contributed by atoms with Gasteiger partial charge in [-0.3, -0.25) is 0 Å². The summed E-state index contributed by atoms with van der Waals surface area (Å²) in [6, 6.07) is 0.727. The standard InChI is InChI=1S/C10H22N2/c1-9(2)10-8-11-6-4-5-7-12(10)3/h9-11H,4-8H2,1-3H3/t10-/m1/s1. The molecule has 1 atom stereocenters. The van der Waals surface area contributed by atoms with Crippen molar-refractivity contribution in [3.05, 3.63) is 0 Å². The number of nitrogens with zero attached hydrogens (tertiary/aromatic N) is 1. The molecule has 1 aliphatic rings. The Morgan fingerprint density at radius 2 is 2.08 bits per heavy atom. The van der Waals surface area contributed by atoms with Crippen molar-refractivity contribution in [2.45, 2.75) is 32.7 Å². The van der Waals surface area contributed by atoms with Crippen LogP contribution in [0.1, 0.15) is 26.7 Å². The van der Waals surface area contributed by atoms with Gasteiger partial charge in [0.1, 0.15) is 0 Å². The van der Waals surface area contributed by atoms with Crippen LogP contribution in [0.3, 0.4) is 0 Å². The molecule has 0 saturated carbocycles. The molecular formula is C10H22N2. The molecule has 0 radical (unpaired) electrons. The third-order valence-corrected chi connectivity index (χ3v) is 2.80. The van der Waals surface area contributed by atoms with E-state index in [0.717, 1.165) is 18.5 Å². The van der Waals surface area contributed by atoms with Gasteiger partial charge in [0.15, 0.2) is 0 Å². The van der Waals surface area contributed by atoms with Crippen LogP contribution >= 0.6 is 0 Å². The fourth-order valence-electron chi connectivity index (χ4n) is 1.93. The summed E-state index contributed by atoms with van der Waals surface area (Å²) in [6.45, 7) is 8.25. The maximum atomic E-state index is 3.51. The van der Waals surface area contributed by atoms with E-state index in [0.29, 0.717) is 0 Å². The maximum Gasteiger partial charge on any atom is 0.0240 e. The second kappa shape index (κ2) is 4.83. The molecule has 1 fully saturated rings. The second-order valence-corrected chi connectivity index (χ2v) is 4.20. The lowest BCUT2D eigenvalue weighted by Crippen LogP contribution is -2.45. The van der Waals surface area contributed by atoms with E-state index in [-0.39, 0.29) is 0 Å². The molecule has 12 heavy (non-hydrogen) atoms. The van der Waals surface area contributed by atoms with Crippen LogP contribution in [-0.4, -0.2) is 37.6 Å². The number of nitrogens with one attached hydrogen (secondary N) is 1. The van der Waals surface area contributed by atoms with E-state index in [4.69, 9.17) is 0 Å². The van der Waals surface area contributed by atoms with Gasteiger partial charge in [-0.2, -0.15) is 0 Å². The van der Waals surface area contributed by atoms with Crippen LogP contribution < -0.4 is 5.32 Å². The molecule has 0 aromatic rings. The van der Waals surface area contributed by atoms with Crippen molar-refractivity contribution in [2.24, 2.45) is 5.92 Å². The summed E-state index contributed by atoms with van der Waals surface area (Å²) in [7, 11) is 2.25. The highest BCUT2D eigenvalue weighted by atomic mass is 15.2. The summed E-state index contributed by atoms with van der Waals surface area (Å²) in [6.07, 6.45) is 2.67. The van der Waals surface area contributed by atoms with Gasteiger partial charge in [0, 0.05) is 12.6 Å². The van der Waals surface area contributed by atoms with Gasteiger partial charge in [-0.1, -0.05) is 13.8 Å². The zero-order valence-electron chi connectivity index (χ0n) is 8.64. The van der Waals surface area contributed by atoms with Crippen LogP contribution in [0.4, 0.5) is 0 Å². The lowest BCUT2D eigenvalue weighted by atomic mass is 10.0. The average Bonchev–Trinajstić information content (AvgIpc) is 1.96. The van der Waals surface area contributed by atoms with Crippen molar-refractivity contribution >= 4 is 0 Å². The molecule has 2 heteroatoms. The zero-order valence-corrected chi connectivity index (χ0v) is 8.64. The summed E-state index contributed by atoms with van der Waals surface area (Å²) >= 11 is 0. The van der Waals surface area contributed by atoms with Crippen molar-refractivity contribution in [1.82, 2.24) is 10.2 Å². The van der Waals surface area contributed by atoms with E-state index in [1.54, 1.807) is 0 Å². The fourth-order valence-corrected chi connectivity index (χ4v) is 1.93. The lowest BCUT2D eigenvalue weighted by molar-refractivity contribution is 0.174. The fraction of sp³-hybridized carbons (Fsp3) is 1.00.